The molecule has 2 atom stereocenters. The molecule has 8 heteroatoms. The van der Waals surface area contributed by atoms with Gasteiger partial charge in [-0.05, 0) is 27.2 Å². The van der Waals surface area contributed by atoms with Crippen LogP contribution in [0.4, 0.5) is 0 Å². The summed E-state index contributed by atoms with van der Waals surface area (Å²) in [6.45, 7) is 10.1. The molecule has 0 radical (unpaired) electrons. The lowest BCUT2D eigenvalue weighted by Gasteiger charge is -2.38. The molecule has 23 heavy (non-hydrogen) atoms. The summed E-state index contributed by atoms with van der Waals surface area (Å²) in [6, 6.07) is 0.657. The molecule has 1 fully saturated rings. The van der Waals surface area contributed by atoms with Crippen molar-refractivity contribution >= 4 is 8.80 Å². The Balaban J connectivity index is 2.81. The van der Waals surface area contributed by atoms with Crippen LogP contribution in [0.15, 0.2) is 0 Å². The Hall–Kier alpha value is -0.0631. The predicted molar refractivity (Wildman–Crippen MR) is 86.9 cm³/mol. The van der Waals surface area contributed by atoms with Crippen molar-refractivity contribution < 1.29 is 32.2 Å². The molecule has 0 aliphatic carbocycles. The Kier molecular flexibility index (Phi) is 9.79. The molecule has 138 valence electrons. The van der Waals surface area contributed by atoms with Crippen molar-refractivity contribution in [2.75, 3.05) is 40.1 Å². The van der Waals surface area contributed by atoms with Gasteiger partial charge < -0.3 is 27.8 Å². The van der Waals surface area contributed by atoms with E-state index in [2.05, 4.69) is 6.92 Å². The second kappa shape index (κ2) is 10.7. The van der Waals surface area contributed by atoms with Gasteiger partial charge in [0.2, 0.25) is 0 Å². The van der Waals surface area contributed by atoms with Gasteiger partial charge in [-0.25, -0.2) is 0 Å². The second-order valence-corrected chi connectivity index (χ2v) is 7.90. The molecule has 0 aromatic carbocycles. The quantitative estimate of drug-likeness (QED) is 0.255. The Bertz CT molecular complexity index is 297. The van der Waals surface area contributed by atoms with Crippen LogP contribution in [-0.2, 0) is 32.2 Å². The molecule has 1 rings (SSSR count). The van der Waals surface area contributed by atoms with Crippen molar-refractivity contribution in [3.05, 3.63) is 0 Å². The standard InChI is InChI=1S/C15H32O7Si/c1-6-12-23(16-5,21-11-10-14-13-17-14)22-15(18-7-2,19-8-3)20-9-4/h14H,6-13H2,1-5H3. The van der Waals surface area contributed by atoms with Crippen LogP contribution in [0.2, 0.25) is 6.04 Å². The fourth-order valence-corrected chi connectivity index (χ4v) is 4.49. The number of rotatable bonds is 15. The highest BCUT2D eigenvalue weighted by Gasteiger charge is 2.50. The second-order valence-electron chi connectivity index (χ2n) is 5.13. The van der Waals surface area contributed by atoms with E-state index in [1.807, 2.05) is 20.8 Å². The van der Waals surface area contributed by atoms with Crippen LogP contribution in [0.1, 0.15) is 40.5 Å². The number of hydrogen-bond donors (Lipinski definition) is 0. The molecule has 1 aliphatic heterocycles. The lowest BCUT2D eigenvalue weighted by atomic mass is 10.4. The third kappa shape index (κ3) is 7.14. The van der Waals surface area contributed by atoms with Gasteiger partial charge in [-0.1, -0.05) is 13.3 Å². The zero-order valence-corrected chi connectivity index (χ0v) is 16.1. The van der Waals surface area contributed by atoms with Gasteiger partial charge in [0.15, 0.2) is 0 Å². The maximum absolute atomic E-state index is 6.13. The Labute approximate surface area is 140 Å². The van der Waals surface area contributed by atoms with Gasteiger partial charge in [0.25, 0.3) is 0 Å². The Morgan fingerprint density at radius 3 is 2.00 bits per heavy atom. The molecule has 1 saturated heterocycles. The van der Waals surface area contributed by atoms with E-state index in [4.69, 9.17) is 32.2 Å². The average Bonchev–Trinajstić information content (AvgIpc) is 3.32. The molecule has 0 amide bonds. The van der Waals surface area contributed by atoms with Gasteiger partial charge in [0, 0.05) is 19.8 Å². The third-order valence-electron chi connectivity index (χ3n) is 3.28. The van der Waals surface area contributed by atoms with Crippen molar-refractivity contribution in [2.45, 2.75) is 58.8 Å². The predicted octanol–water partition coefficient (Wildman–Crippen LogP) is 2.52. The fraction of sp³-hybridized carbons (Fsp3) is 1.00. The van der Waals surface area contributed by atoms with Crippen molar-refractivity contribution in [1.29, 1.82) is 0 Å². The van der Waals surface area contributed by atoms with E-state index in [1.54, 1.807) is 7.11 Å². The molecule has 0 N–H and O–H groups in total. The van der Waals surface area contributed by atoms with Crippen LogP contribution < -0.4 is 0 Å². The molecule has 0 aromatic heterocycles. The highest BCUT2D eigenvalue weighted by Crippen LogP contribution is 2.28. The van der Waals surface area contributed by atoms with Crippen molar-refractivity contribution in [3.8, 4) is 0 Å². The average molecular weight is 353 g/mol. The molecule has 0 saturated carbocycles. The van der Waals surface area contributed by atoms with E-state index in [1.165, 1.54) is 0 Å². The van der Waals surface area contributed by atoms with Crippen molar-refractivity contribution in [2.24, 2.45) is 0 Å². The van der Waals surface area contributed by atoms with Crippen LogP contribution in [-0.4, -0.2) is 61.2 Å². The first-order chi connectivity index (χ1) is 11.1. The van der Waals surface area contributed by atoms with E-state index >= 15 is 0 Å². The maximum atomic E-state index is 6.13. The molecular weight excluding hydrogens is 320 g/mol. The van der Waals surface area contributed by atoms with Crippen LogP contribution >= 0.6 is 0 Å². The first-order valence-electron chi connectivity index (χ1n) is 8.51. The van der Waals surface area contributed by atoms with Gasteiger partial charge in [-0.15, -0.1) is 0 Å². The number of hydrogen-bond acceptors (Lipinski definition) is 7. The van der Waals surface area contributed by atoms with E-state index in [9.17, 15) is 0 Å². The zero-order chi connectivity index (χ0) is 17.2. The van der Waals surface area contributed by atoms with Gasteiger partial charge in [0.05, 0.1) is 32.5 Å². The van der Waals surface area contributed by atoms with E-state index in [0.29, 0.717) is 38.6 Å². The fourth-order valence-electron chi connectivity index (χ4n) is 2.18. The minimum Gasteiger partial charge on any atom is -0.377 e. The van der Waals surface area contributed by atoms with Gasteiger partial charge in [-0.2, -0.15) is 0 Å². The van der Waals surface area contributed by atoms with Crippen molar-refractivity contribution in [3.63, 3.8) is 0 Å². The van der Waals surface area contributed by atoms with Crippen LogP contribution in [0.25, 0.3) is 0 Å². The molecule has 1 heterocycles. The first kappa shape index (κ1) is 21.0. The van der Waals surface area contributed by atoms with Gasteiger partial charge >= 0.3 is 15.0 Å². The highest BCUT2D eigenvalue weighted by molar-refractivity contribution is 6.60. The van der Waals surface area contributed by atoms with Crippen LogP contribution in [0.5, 0.6) is 0 Å². The minimum atomic E-state index is -2.99. The summed E-state index contributed by atoms with van der Waals surface area (Å²) in [6.07, 6.45) is 0.415. The molecule has 0 aromatic rings. The number of ether oxygens (including phenoxy) is 4. The largest absolute Gasteiger partial charge is 0.506 e. The van der Waals surface area contributed by atoms with Crippen molar-refractivity contribution in [1.82, 2.24) is 0 Å². The van der Waals surface area contributed by atoms with Crippen LogP contribution in [0, 0.1) is 0 Å². The normalized spacial score (nSPS) is 20.5. The van der Waals surface area contributed by atoms with E-state index in [0.717, 1.165) is 19.4 Å². The SMILES string of the molecule is CCC[Si](OC)(OCCC1CO1)OC(OCC)(OCC)OCC. The molecular formula is C15H32O7Si. The summed E-state index contributed by atoms with van der Waals surface area (Å²) in [5.74, 6) is 0. The van der Waals surface area contributed by atoms with Gasteiger partial charge in [-0.3, -0.25) is 4.43 Å². The summed E-state index contributed by atoms with van der Waals surface area (Å²) >= 11 is 0. The molecule has 2 unspecified atom stereocenters. The molecule has 7 nitrogen and oxygen atoms in total. The third-order valence-corrected chi connectivity index (χ3v) is 6.21. The lowest BCUT2D eigenvalue weighted by molar-refractivity contribution is -0.478. The summed E-state index contributed by atoms with van der Waals surface area (Å²) in [7, 11) is -1.38. The summed E-state index contributed by atoms with van der Waals surface area (Å²) in [5, 5.41) is 0. The zero-order valence-electron chi connectivity index (χ0n) is 15.1. The van der Waals surface area contributed by atoms with E-state index in [-0.39, 0.29) is 0 Å². The Morgan fingerprint density at radius 1 is 1.04 bits per heavy atom. The van der Waals surface area contributed by atoms with Crippen LogP contribution in [0.3, 0.4) is 0 Å². The van der Waals surface area contributed by atoms with E-state index < -0.39 is 15.0 Å². The topological polar surface area (TPSA) is 67.9 Å². The summed E-state index contributed by atoms with van der Waals surface area (Å²) in [4.78, 5) is 0. The summed E-state index contributed by atoms with van der Waals surface area (Å²) < 4.78 is 40.0. The van der Waals surface area contributed by atoms with Gasteiger partial charge in [0.1, 0.15) is 0 Å². The number of epoxide rings is 1. The molecule has 1 aliphatic rings. The first-order valence-corrected chi connectivity index (χ1v) is 10.4. The highest BCUT2D eigenvalue weighted by atomic mass is 28.4. The molecule has 0 bridgehead atoms. The summed E-state index contributed by atoms with van der Waals surface area (Å²) in [5.41, 5.74) is 0. The minimum absolute atomic E-state index is 0.301. The smallest absolute Gasteiger partial charge is 0.377 e. The lowest BCUT2D eigenvalue weighted by Crippen LogP contribution is -2.56. The Morgan fingerprint density at radius 2 is 1.61 bits per heavy atom. The maximum Gasteiger partial charge on any atom is 0.506 e. The monoisotopic (exact) mass is 352 g/mol. The molecule has 0 spiro atoms.